The fraction of sp³-hybridized carbons (Fsp3) is 0.250. The number of rotatable bonds is 5. The van der Waals surface area contributed by atoms with Crippen LogP contribution in [0.15, 0.2) is 36.4 Å². The van der Waals surface area contributed by atoms with Crippen molar-refractivity contribution >= 4 is 5.69 Å². The molecule has 0 aromatic heterocycles. The summed E-state index contributed by atoms with van der Waals surface area (Å²) in [5.41, 5.74) is -0.537. The Kier molecular flexibility index (Phi) is 4.89. The molecule has 0 spiro atoms. The zero-order chi connectivity index (χ0) is 17.2. The summed E-state index contributed by atoms with van der Waals surface area (Å²) in [5.74, 6) is -5.45. The summed E-state index contributed by atoms with van der Waals surface area (Å²) in [5, 5.41) is 0.183. The molecule has 0 bridgehead atoms. The average molecular weight is 331 g/mol. The van der Waals surface area contributed by atoms with E-state index in [0.717, 1.165) is 5.56 Å². The summed E-state index contributed by atoms with van der Waals surface area (Å²) < 4.78 is 69.3. The lowest BCUT2D eigenvalue weighted by Gasteiger charge is -2.31. The normalized spacial score (nSPS) is 11.6. The standard InChI is InChI=1S/C16H14F5NO/c1-3-23-22(11-6-4-10(2)5-7-11)16(20,21)12-8-9-13(17)15(19)14(12)18/h4-9H,3H2,1-2H3. The Balaban J connectivity index is 2.52. The first-order valence-electron chi connectivity index (χ1n) is 6.80. The van der Waals surface area contributed by atoms with Crippen LogP contribution in [0.3, 0.4) is 0 Å². The number of halogens is 5. The van der Waals surface area contributed by atoms with Crippen LogP contribution < -0.4 is 5.06 Å². The van der Waals surface area contributed by atoms with Gasteiger partial charge in [0.15, 0.2) is 17.5 Å². The van der Waals surface area contributed by atoms with Crippen LogP contribution in [0.4, 0.5) is 27.6 Å². The summed E-state index contributed by atoms with van der Waals surface area (Å²) in [6, 6.07) is 2.75. The molecular formula is C16H14F5NO. The van der Waals surface area contributed by atoms with Gasteiger partial charge in [-0.3, -0.25) is 4.84 Å². The average Bonchev–Trinajstić information content (AvgIpc) is 2.51. The molecule has 2 rings (SSSR count). The zero-order valence-electron chi connectivity index (χ0n) is 12.4. The molecule has 0 saturated heterocycles. The van der Waals surface area contributed by atoms with E-state index in [1.54, 1.807) is 19.1 Å². The van der Waals surface area contributed by atoms with Crippen molar-refractivity contribution in [3.05, 3.63) is 65.0 Å². The minimum atomic E-state index is -4.04. The van der Waals surface area contributed by atoms with E-state index in [1.165, 1.54) is 19.1 Å². The maximum Gasteiger partial charge on any atom is 0.377 e. The third-order valence-corrected chi connectivity index (χ3v) is 3.14. The van der Waals surface area contributed by atoms with Crippen molar-refractivity contribution in [2.75, 3.05) is 11.7 Å². The number of benzene rings is 2. The predicted molar refractivity (Wildman–Crippen MR) is 75.5 cm³/mol. The number of nitrogens with zero attached hydrogens (tertiary/aromatic N) is 1. The molecule has 23 heavy (non-hydrogen) atoms. The predicted octanol–water partition coefficient (Wildman–Crippen LogP) is 4.92. The molecule has 0 amide bonds. The molecule has 0 radical (unpaired) electrons. The number of hydrogen-bond donors (Lipinski definition) is 0. The molecule has 0 saturated carbocycles. The molecule has 0 heterocycles. The third kappa shape index (κ3) is 3.29. The lowest BCUT2D eigenvalue weighted by Crippen LogP contribution is -2.40. The number of alkyl halides is 2. The highest BCUT2D eigenvalue weighted by molar-refractivity contribution is 5.48. The van der Waals surface area contributed by atoms with E-state index in [0.29, 0.717) is 12.1 Å². The van der Waals surface area contributed by atoms with E-state index in [2.05, 4.69) is 0 Å². The molecule has 0 aliphatic heterocycles. The Morgan fingerprint density at radius 3 is 2.13 bits per heavy atom. The van der Waals surface area contributed by atoms with Crippen LogP contribution >= 0.6 is 0 Å². The van der Waals surface area contributed by atoms with Crippen LogP contribution in [0.2, 0.25) is 0 Å². The molecule has 0 aliphatic rings. The highest BCUT2D eigenvalue weighted by Gasteiger charge is 2.44. The number of hydroxylamine groups is 1. The minimum absolute atomic E-state index is 0.0495. The third-order valence-electron chi connectivity index (χ3n) is 3.14. The SMILES string of the molecule is CCON(c1ccc(C)cc1)C(F)(F)c1ccc(F)c(F)c1F. The first kappa shape index (κ1) is 17.2. The Hall–Kier alpha value is -2.15. The van der Waals surface area contributed by atoms with E-state index >= 15 is 0 Å². The Morgan fingerprint density at radius 1 is 0.957 bits per heavy atom. The van der Waals surface area contributed by atoms with E-state index in [4.69, 9.17) is 4.84 Å². The van der Waals surface area contributed by atoms with Crippen LogP contribution in [-0.2, 0) is 10.9 Å². The molecule has 2 aromatic carbocycles. The maximum atomic E-state index is 14.6. The van der Waals surface area contributed by atoms with Gasteiger partial charge in [0.25, 0.3) is 0 Å². The van der Waals surface area contributed by atoms with Crippen LogP contribution in [0.25, 0.3) is 0 Å². The largest absolute Gasteiger partial charge is 0.377 e. The quantitative estimate of drug-likeness (QED) is 0.334. The van der Waals surface area contributed by atoms with Gasteiger partial charge in [0.05, 0.1) is 17.9 Å². The molecule has 124 valence electrons. The highest BCUT2D eigenvalue weighted by Crippen LogP contribution is 2.38. The van der Waals surface area contributed by atoms with Gasteiger partial charge >= 0.3 is 6.05 Å². The second kappa shape index (κ2) is 6.54. The Bertz CT molecular complexity index is 688. The topological polar surface area (TPSA) is 12.5 Å². The van der Waals surface area contributed by atoms with Crippen LogP contribution in [-0.4, -0.2) is 6.61 Å². The van der Waals surface area contributed by atoms with Crippen molar-refractivity contribution in [2.45, 2.75) is 19.9 Å². The van der Waals surface area contributed by atoms with Crippen LogP contribution in [0.1, 0.15) is 18.1 Å². The van der Waals surface area contributed by atoms with E-state index in [1.807, 2.05) is 0 Å². The first-order valence-corrected chi connectivity index (χ1v) is 6.80. The Labute approximate surface area is 130 Å². The van der Waals surface area contributed by atoms with Crippen molar-refractivity contribution in [3.8, 4) is 0 Å². The van der Waals surface area contributed by atoms with Gasteiger partial charge in [-0.25, -0.2) is 13.2 Å². The van der Waals surface area contributed by atoms with Crippen molar-refractivity contribution in [1.29, 1.82) is 0 Å². The molecule has 2 nitrogen and oxygen atoms in total. The second-order valence-electron chi connectivity index (χ2n) is 4.81. The zero-order valence-corrected chi connectivity index (χ0v) is 12.4. The van der Waals surface area contributed by atoms with Gasteiger partial charge in [0, 0.05) is 0 Å². The summed E-state index contributed by atoms with van der Waals surface area (Å²) >= 11 is 0. The molecule has 0 N–H and O–H groups in total. The molecule has 0 fully saturated rings. The molecule has 0 aliphatic carbocycles. The fourth-order valence-electron chi connectivity index (χ4n) is 1.99. The van der Waals surface area contributed by atoms with E-state index in [9.17, 15) is 22.0 Å². The highest BCUT2D eigenvalue weighted by atomic mass is 19.3. The molecule has 0 unspecified atom stereocenters. The van der Waals surface area contributed by atoms with Crippen molar-refractivity contribution in [2.24, 2.45) is 0 Å². The van der Waals surface area contributed by atoms with Gasteiger partial charge in [-0.15, -0.1) is 0 Å². The van der Waals surface area contributed by atoms with Crippen LogP contribution in [0, 0.1) is 24.4 Å². The number of aryl methyl sites for hydroxylation is 1. The molecule has 7 heteroatoms. The van der Waals surface area contributed by atoms with Gasteiger partial charge in [-0.05, 0) is 38.1 Å². The van der Waals surface area contributed by atoms with Gasteiger partial charge in [0.2, 0.25) is 0 Å². The summed E-state index contributed by atoms with van der Waals surface area (Å²) in [4.78, 5) is 4.91. The lowest BCUT2D eigenvalue weighted by atomic mass is 10.1. The van der Waals surface area contributed by atoms with Crippen molar-refractivity contribution in [1.82, 2.24) is 0 Å². The van der Waals surface area contributed by atoms with Crippen molar-refractivity contribution in [3.63, 3.8) is 0 Å². The maximum absolute atomic E-state index is 14.6. The van der Waals surface area contributed by atoms with Crippen LogP contribution in [0.5, 0.6) is 0 Å². The number of hydrogen-bond acceptors (Lipinski definition) is 2. The summed E-state index contributed by atoms with van der Waals surface area (Å²) in [7, 11) is 0. The first-order chi connectivity index (χ1) is 10.8. The monoisotopic (exact) mass is 331 g/mol. The summed E-state index contributed by atoms with van der Waals surface area (Å²) in [6.45, 7) is 3.11. The van der Waals surface area contributed by atoms with Crippen molar-refractivity contribution < 1.29 is 26.8 Å². The van der Waals surface area contributed by atoms with Gasteiger partial charge in [-0.2, -0.15) is 13.8 Å². The summed E-state index contributed by atoms with van der Waals surface area (Å²) in [6.07, 6.45) is 0. The lowest BCUT2D eigenvalue weighted by molar-refractivity contribution is -0.107. The number of anilines is 1. The van der Waals surface area contributed by atoms with Gasteiger partial charge in [0.1, 0.15) is 0 Å². The van der Waals surface area contributed by atoms with Gasteiger partial charge in [-0.1, -0.05) is 17.7 Å². The van der Waals surface area contributed by atoms with E-state index < -0.39 is 29.1 Å². The molecular weight excluding hydrogens is 317 g/mol. The fourth-order valence-corrected chi connectivity index (χ4v) is 1.99. The Morgan fingerprint density at radius 2 is 1.57 bits per heavy atom. The smallest absolute Gasteiger partial charge is 0.268 e. The second-order valence-corrected chi connectivity index (χ2v) is 4.81. The molecule has 0 atom stereocenters. The molecule has 2 aromatic rings. The van der Waals surface area contributed by atoms with Gasteiger partial charge < -0.3 is 0 Å². The minimum Gasteiger partial charge on any atom is -0.268 e. The van der Waals surface area contributed by atoms with E-state index in [-0.39, 0.29) is 17.4 Å².